The Bertz CT molecular complexity index is 1410. The molecule has 0 aromatic heterocycles. The van der Waals surface area contributed by atoms with Crippen molar-refractivity contribution in [2.45, 2.75) is 58.5 Å². The predicted molar refractivity (Wildman–Crippen MR) is 158 cm³/mol. The van der Waals surface area contributed by atoms with E-state index in [1.807, 2.05) is 58.9 Å². The molecule has 9 heteroatoms. The van der Waals surface area contributed by atoms with Crippen molar-refractivity contribution in [2.75, 3.05) is 24.0 Å². The van der Waals surface area contributed by atoms with E-state index in [9.17, 15) is 18.0 Å². The van der Waals surface area contributed by atoms with Gasteiger partial charge >= 0.3 is 0 Å². The number of amides is 2. The maximum Gasteiger partial charge on any atom is 0.264 e. The van der Waals surface area contributed by atoms with Crippen molar-refractivity contribution < 1.29 is 22.7 Å². The zero-order valence-corrected chi connectivity index (χ0v) is 24.7. The van der Waals surface area contributed by atoms with Crippen LogP contribution in [0, 0.1) is 13.8 Å². The summed E-state index contributed by atoms with van der Waals surface area (Å²) in [6.45, 7) is 9.66. The van der Waals surface area contributed by atoms with E-state index < -0.39 is 28.5 Å². The zero-order valence-electron chi connectivity index (χ0n) is 23.9. The molecule has 3 aromatic rings. The van der Waals surface area contributed by atoms with Crippen molar-refractivity contribution in [1.29, 1.82) is 0 Å². The van der Waals surface area contributed by atoms with Crippen molar-refractivity contribution in [1.82, 2.24) is 10.2 Å². The number of sulfonamides is 1. The van der Waals surface area contributed by atoms with Gasteiger partial charge < -0.3 is 15.0 Å². The predicted octanol–water partition coefficient (Wildman–Crippen LogP) is 4.84. The summed E-state index contributed by atoms with van der Waals surface area (Å²) in [7, 11) is -4.18. The number of aryl methyl sites for hydroxylation is 2. The molecule has 0 spiro atoms. The summed E-state index contributed by atoms with van der Waals surface area (Å²) in [4.78, 5) is 28.7. The van der Waals surface area contributed by atoms with Gasteiger partial charge in [-0.15, -0.1) is 0 Å². The van der Waals surface area contributed by atoms with Gasteiger partial charge in [0.2, 0.25) is 11.8 Å². The number of rotatable bonds is 13. The molecule has 40 heavy (non-hydrogen) atoms. The second kappa shape index (κ2) is 14.0. The first-order valence-corrected chi connectivity index (χ1v) is 15.0. The average molecular weight is 566 g/mol. The van der Waals surface area contributed by atoms with Crippen LogP contribution in [0.1, 0.15) is 43.9 Å². The molecule has 214 valence electrons. The molecule has 0 aliphatic heterocycles. The van der Waals surface area contributed by atoms with Gasteiger partial charge in [0.1, 0.15) is 18.3 Å². The molecular formula is C31H39N3O5S. The number of nitrogens with zero attached hydrogens (tertiary/aromatic N) is 2. The Morgan fingerprint density at radius 1 is 0.900 bits per heavy atom. The summed E-state index contributed by atoms with van der Waals surface area (Å²) in [5, 5.41) is 2.82. The van der Waals surface area contributed by atoms with Gasteiger partial charge in [-0.2, -0.15) is 0 Å². The van der Waals surface area contributed by atoms with Gasteiger partial charge in [0.05, 0.1) is 17.2 Å². The monoisotopic (exact) mass is 565 g/mol. The highest BCUT2D eigenvalue weighted by Crippen LogP contribution is 2.33. The van der Waals surface area contributed by atoms with E-state index in [1.165, 1.54) is 17.0 Å². The van der Waals surface area contributed by atoms with E-state index in [4.69, 9.17) is 4.74 Å². The molecule has 0 heterocycles. The number of ether oxygens (including phenoxy) is 1. The summed E-state index contributed by atoms with van der Waals surface area (Å²) >= 11 is 0. The van der Waals surface area contributed by atoms with Gasteiger partial charge in [-0.25, -0.2) is 8.42 Å². The first-order valence-electron chi connectivity index (χ1n) is 13.6. The van der Waals surface area contributed by atoms with Gasteiger partial charge in [-0.1, -0.05) is 66.6 Å². The fraction of sp³-hybridized carbons (Fsp3) is 0.355. The van der Waals surface area contributed by atoms with E-state index >= 15 is 0 Å². The van der Waals surface area contributed by atoms with E-state index in [-0.39, 0.29) is 23.0 Å². The molecule has 0 saturated carbocycles. The van der Waals surface area contributed by atoms with Gasteiger partial charge in [0, 0.05) is 13.1 Å². The van der Waals surface area contributed by atoms with Gasteiger partial charge in [-0.3, -0.25) is 13.9 Å². The smallest absolute Gasteiger partial charge is 0.264 e. The molecule has 3 rings (SSSR count). The number of hydrogen-bond donors (Lipinski definition) is 1. The molecule has 0 saturated heterocycles. The summed E-state index contributed by atoms with van der Waals surface area (Å²) in [6.07, 6.45) is 0.365. The number of carbonyl (C=O) groups is 2. The van der Waals surface area contributed by atoms with Crippen LogP contribution in [0.4, 0.5) is 5.69 Å². The minimum Gasteiger partial charge on any atom is -0.492 e. The topological polar surface area (TPSA) is 96.0 Å². The lowest BCUT2D eigenvalue weighted by Crippen LogP contribution is -2.52. The second-order valence-corrected chi connectivity index (χ2v) is 11.4. The molecule has 1 unspecified atom stereocenters. The largest absolute Gasteiger partial charge is 0.492 e. The number of carbonyl (C=O) groups excluding carboxylic acids is 2. The Kier molecular flexibility index (Phi) is 10.7. The van der Waals surface area contributed by atoms with Crippen LogP contribution in [-0.4, -0.2) is 50.9 Å². The van der Waals surface area contributed by atoms with Gasteiger partial charge in [0.25, 0.3) is 10.0 Å². The average Bonchev–Trinajstić information content (AvgIpc) is 2.92. The Morgan fingerprint density at radius 2 is 1.60 bits per heavy atom. The van der Waals surface area contributed by atoms with Crippen LogP contribution in [0.15, 0.2) is 77.7 Å². The first-order chi connectivity index (χ1) is 19.1. The third-order valence-electron chi connectivity index (χ3n) is 6.49. The third-order valence-corrected chi connectivity index (χ3v) is 8.27. The SMILES string of the molecule is CCNC(=O)C(CC)N(Cc1cccc(C)c1)C(=O)CN(c1ccccc1OCC)S(=O)(=O)c1ccc(C)cc1. The number of nitrogens with one attached hydrogen (secondary N) is 1. The fourth-order valence-electron chi connectivity index (χ4n) is 4.51. The second-order valence-electron chi connectivity index (χ2n) is 9.55. The van der Waals surface area contributed by atoms with Crippen LogP contribution in [-0.2, 0) is 26.2 Å². The lowest BCUT2D eigenvalue weighted by molar-refractivity contribution is -0.140. The number of para-hydroxylation sites is 2. The molecule has 0 bridgehead atoms. The minimum absolute atomic E-state index is 0.0539. The number of likely N-dealkylation sites (N-methyl/N-ethyl adjacent to an activating group) is 1. The summed E-state index contributed by atoms with van der Waals surface area (Å²) in [5.74, 6) is -0.440. The zero-order chi connectivity index (χ0) is 29.3. The normalized spacial score (nSPS) is 11.9. The van der Waals surface area contributed by atoms with E-state index in [2.05, 4.69) is 5.32 Å². The molecule has 8 nitrogen and oxygen atoms in total. The van der Waals surface area contributed by atoms with Crippen molar-refractivity contribution in [3.05, 3.63) is 89.5 Å². The summed E-state index contributed by atoms with van der Waals surface area (Å²) in [5.41, 5.74) is 3.03. The lowest BCUT2D eigenvalue weighted by atomic mass is 10.1. The van der Waals surface area contributed by atoms with Crippen LogP contribution in [0.25, 0.3) is 0 Å². The quantitative estimate of drug-likeness (QED) is 0.320. The number of hydrogen-bond acceptors (Lipinski definition) is 5. The van der Waals surface area contributed by atoms with Crippen LogP contribution in [0.3, 0.4) is 0 Å². The molecule has 0 aliphatic rings. The Morgan fingerprint density at radius 3 is 2.23 bits per heavy atom. The first kappa shape index (κ1) is 30.7. The molecule has 2 amide bonds. The van der Waals surface area contributed by atoms with Crippen LogP contribution < -0.4 is 14.4 Å². The molecule has 3 aromatic carbocycles. The Labute approximate surface area is 238 Å². The van der Waals surface area contributed by atoms with Gasteiger partial charge in [-0.05, 0) is 63.9 Å². The highest BCUT2D eigenvalue weighted by molar-refractivity contribution is 7.92. The maximum atomic E-state index is 14.1. The van der Waals surface area contributed by atoms with Crippen molar-refractivity contribution >= 4 is 27.5 Å². The highest BCUT2D eigenvalue weighted by atomic mass is 32.2. The van der Waals surface area contributed by atoms with E-state index in [0.717, 1.165) is 21.0 Å². The minimum atomic E-state index is -4.18. The molecule has 1 atom stereocenters. The maximum absolute atomic E-state index is 14.1. The standard InChI is InChI=1S/C31H39N3O5S/c1-6-27(31(36)32-7-2)33(21-25-13-11-12-24(5)20-25)30(35)22-34(28-14-9-10-15-29(28)39-8-3)40(37,38)26-18-16-23(4)17-19-26/h9-20,27H,6-8,21-22H2,1-5H3,(H,32,36). The van der Waals surface area contributed by atoms with Crippen molar-refractivity contribution in [3.63, 3.8) is 0 Å². The molecule has 0 radical (unpaired) electrons. The van der Waals surface area contributed by atoms with Crippen molar-refractivity contribution in [2.24, 2.45) is 0 Å². The summed E-state index contributed by atoms with van der Waals surface area (Å²) in [6, 6.07) is 20.2. The van der Waals surface area contributed by atoms with Crippen LogP contribution in [0.2, 0.25) is 0 Å². The molecule has 1 N–H and O–H groups in total. The summed E-state index contributed by atoms with van der Waals surface area (Å²) < 4.78 is 35.0. The Hall–Kier alpha value is -3.85. The fourth-order valence-corrected chi connectivity index (χ4v) is 5.93. The van der Waals surface area contributed by atoms with Crippen LogP contribution in [0.5, 0.6) is 5.75 Å². The molecule has 0 fully saturated rings. The molecule has 0 aliphatic carbocycles. The Balaban J connectivity index is 2.11. The lowest BCUT2D eigenvalue weighted by Gasteiger charge is -2.33. The van der Waals surface area contributed by atoms with E-state index in [0.29, 0.717) is 25.3 Å². The number of benzene rings is 3. The van der Waals surface area contributed by atoms with Gasteiger partial charge in [0.15, 0.2) is 0 Å². The third kappa shape index (κ3) is 7.41. The van der Waals surface area contributed by atoms with Crippen molar-refractivity contribution in [3.8, 4) is 5.75 Å². The van der Waals surface area contributed by atoms with Crippen LogP contribution >= 0.6 is 0 Å². The highest BCUT2D eigenvalue weighted by Gasteiger charge is 2.34. The molecular weight excluding hydrogens is 526 g/mol. The number of anilines is 1. The van der Waals surface area contributed by atoms with E-state index in [1.54, 1.807) is 36.4 Å².